The molecule has 0 radical (unpaired) electrons. The second kappa shape index (κ2) is 16.1. The Morgan fingerprint density at radius 3 is 2.04 bits per heavy atom. The molecule has 2 N–H and O–H groups in total. The molecule has 5 rings (SSSR count). The van der Waals surface area contributed by atoms with Crippen LogP contribution in [0, 0.1) is 0 Å². The molecule has 244 valence electrons. The topological polar surface area (TPSA) is 135 Å². The Hall–Kier alpha value is -4.55. The zero-order valence-corrected chi connectivity index (χ0v) is 26.5. The lowest BCUT2D eigenvalue weighted by Gasteiger charge is -2.34. The Kier molecular flexibility index (Phi) is 11.5. The van der Waals surface area contributed by atoms with Gasteiger partial charge in [0.15, 0.2) is 5.82 Å². The van der Waals surface area contributed by atoms with E-state index in [0.717, 1.165) is 24.0 Å². The van der Waals surface area contributed by atoms with Gasteiger partial charge in [0.1, 0.15) is 30.5 Å². The molecule has 1 aliphatic carbocycles. The van der Waals surface area contributed by atoms with Gasteiger partial charge in [0.25, 0.3) is 5.91 Å². The molecular weight excluding hydrogens is 588 g/mol. The van der Waals surface area contributed by atoms with E-state index in [-0.39, 0.29) is 25.0 Å². The number of ether oxygens (including phenoxy) is 3. The van der Waals surface area contributed by atoms with E-state index in [0.29, 0.717) is 67.6 Å². The van der Waals surface area contributed by atoms with Gasteiger partial charge < -0.3 is 29.7 Å². The van der Waals surface area contributed by atoms with Crippen molar-refractivity contribution in [3.8, 4) is 34.1 Å². The summed E-state index contributed by atoms with van der Waals surface area (Å²) in [5.74, 6) is 1.56. The number of hydrogen-bond acceptors (Lipinski definition) is 9. The average molecular weight is 631 g/mol. The van der Waals surface area contributed by atoms with Gasteiger partial charge >= 0.3 is 0 Å². The third kappa shape index (κ3) is 9.24. The van der Waals surface area contributed by atoms with Gasteiger partial charge in [-0.15, -0.1) is 0 Å². The summed E-state index contributed by atoms with van der Waals surface area (Å²) in [4.78, 5) is 51.1. The standard InChI is InChI=1S/C34H42N6O6/c1-44-27-12-8-24(9-13-27)29-20-30(38-34(36-29)25-10-14-28(45-2)15-11-25)37-32(42)22-46-23-33(43)40-18-16-39(17-19-40)21-31(41)35-26-6-4-3-5-7-26/h8-15,20,26H,3-7,16-19,21-23H2,1-2H3,(H,35,41)(H,36,37,38,42). The maximum Gasteiger partial charge on any atom is 0.251 e. The van der Waals surface area contributed by atoms with Crippen LogP contribution in [0.4, 0.5) is 5.82 Å². The van der Waals surface area contributed by atoms with E-state index >= 15 is 0 Å². The summed E-state index contributed by atoms with van der Waals surface area (Å²) in [6, 6.07) is 16.7. The minimum atomic E-state index is -0.443. The van der Waals surface area contributed by atoms with Crippen molar-refractivity contribution in [2.45, 2.75) is 38.1 Å². The SMILES string of the molecule is COc1ccc(-c2cc(NC(=O)COCC(=O)N3CCN(CC(=O)NC4CCCCC4)CC3)nc(-c3ccc(OC)cc3)n2)cc1. The van der Waals surface area contributed by atoms with Crippen LogP contribution in [0.1, 0.15) is 32.1 Å². The number of benzene rings is 2. The quantitative estimate of drug-likeness (QED) is 0.309. The van der Waals surface area contributed by atoms with Crippen LogP contribution in [-0.4, -0.2) is 104 Å². The largest absolute Gasteiger partial charge is 0.497 e. The second-order valence-corrected chi connectivity index (χ2v) is 11.5. The van der Waals surface area contributed by atoms with Crippen molar-refractivity contribution < 1.29 is 28.6 Å². The number of methoxy groups -OCH3 is 2. The molecule has 2 heterocycles. The van der Waals surface area contributed by atoms with Crippen molar-refractivity contribution in [2.24, 2.45) is 0 Å². The Bertz CT molecular complexity index is 1400. The molecule has 0 unspecified atom stereocenters. The molecule has 1 aromatic heterocycles. The molecule has 1 saturated carbocycles. The minimum Gasteiger partial charge on any atom is -0.497 e. The lowest BCUT2D eigenvalue weighted by Crippen LogP contribution is -2.52. The number of carbonyl (C=O) groups is 3. The molecule has 0 bridgehead atoms. The second-order valence-electron chi connectivity index (χ2n) is 11.5. The molecule has 2 aliphatic rings. The summed E-state index contributed by atoms with van der Waals surface area (Å²) in [6.45, 7) is 2.07. The predicted octanol–water partition coefficient (Wildman–Crippen LogP) is 3.38. The lowest BCUT2D eigenvalue weighted by atomic mass is 9.95. The molecule has 12 heteroatoms. The summed E-state index contributed by atoms with van der Waals surface area (Å²) in [5, 5.41) is 5.93. The van der Waals surface area contributed by atoms with Crippen LogP contribution in [-0.2, 0) is 19.1 Å². The van der Waals surface area contributed by atoms with Crippen molar-refractivity contribution in [1.29, 1.82) is 0 Å². The molecule has 0 atom stereocenters. The van der Waals surface area contributed by atoms with Gasteiger partial charge in [0.05, 0.1) is 26.5 Å². The van der Waals surface area contributed by atoms with Crippen LogP contribution in [0.15, 0.2) is 54.6 Å². The number of aromatic nitrogens is 2. The van der Waals surface area contributed by atoms with Gasteiger partial charge in [-0.1, -0.05) is 19.3 Å². The average Bonchev–Trinajstić information content (AvgIpc) is 3.09. The number of rotatable bonds is 12. The van der Waals surface area contributed by atoms with E-state index in [2.05, 4.69) is 20.5 Å². The van der Waals surface area contributed by atoms with E-state index in [4.69, 9.17) is 19.2 Å². The number of piperazine rings is 1. The molecule has 12 nitrogen and oxygen atoms in total. The first-order valence-electron chi connectivity index (χ1n) is 15.7. The fraction of sp³-hybridized carbons (Fsp3) is 0.441. The fourth-order valence-corrected chi connectivity index (χ4v) is 5.67. The smallest absolute Gasteiger partial charge is 0.251 e. The van der Waals surface area contributed by atoms with Gasteiger partial charge in [-0.3, -0.25) is 19.3 Å². The lowest BCUT2D eigenvalue weighted by molar-refractivity contribution is -0.139. The highest BCUT2D eigenvalue weighted by Crippen LogP contribution is 2.27. The molecule has 46 heavy (non-hydrogen) atoms. The summed E-state index contributed by atoms with van der Waals surface area (Å²) in [7, 11) is 3.20. The van der Waals surface area contributed by atoms with Crippen molar-refractivity contribution in [1.82, 2.24) is 25.1 Å². The summed E-state index contributed by atoms with van der Waals surface area (Å²) < 4.78 is 16.0. The van der Waals surface area contributed by atoms with E-state index < -0.39 is 5.91 Å². The Morgan fingerprint density at radius 1 is 0.783 bits per heavy atom. The molecule has 1 aliphatic heterocycles. The molecular formula is C34H42N6O6. The van der Waals surface area contributed by atoms with E-state index in [9.17, 15) is 14.4 Å². The van der Waals surface area contributed by atoms with E-state index in [1.807, 2.05) is 48.5 Å². The van der Waals surface area contributed by atoms with Gasteiger partial charge in [-0.25, -0.2) is 9.97 Å². The number of amides is 3. The number of nitrogens with zero attached hydrogens (tertiary/aromatic N) is 4. The van der Waals surface area contributed by atoms with Gasteiger partial charge in [-0.05, 0) is 61.4 Å². The van der Waals surface area contributed by atoms with Crippen molar-refractivity contribution in [3.63, 3.8) is 0 Å². The van der Waals surface area contributed by atoms with Crippen molar-refractivity contribution in [2.75, 3.05) is 65.5 Å². The van der Waals surface area contributed by atoms with Gasteiger partial charge in [0.2, 0.25) is 11.8 Å². The third-order valence-electron chi connectivity index (χ3n) is 8.25. The van der Waals surface area contributed by atoms with Crippen LogP contribution in [0.3, 0.4) is 0 Å². The van der Waals surface area contributed by atoms with Crippen molar-refractivity contribution in [3.05, 3.63) is 54.6 Å². The number of hydrogen-bond donors (Lipinski definition) is 2. The Labute approximate surface area is 269 Å². The normalized spacial score (nSPS) is 15.7. The molecule has 1 saturated heterocycles. The first kappa shape index (κ1) is 32.8. The zero-order chi connectivity index (χ0) is 32.3. The van der Waals surface area contributed by atoms with Crippen LogP contribution in [0.2, 0.25) is 0 Å². The highest BCUT2D eigenvalue weighted by Gasteiger charge is 2.24. The monoisotopic (exact) mass is 630 g/mol. The highest BCUT2D eigenvalue weighted by atomic mass is 16.5. The summed E-state index contributed by atoms with van der Waals surface area (Å²) >= 11 is 0. The maximum atomic E-state index is 12.8. The predicted molar refractivity (Wildman–Crippen MR) is 173 cm³/mol. The van der Waals surface area contributed by atoms with Crippen molar-refractivity contribution >= 4 is 23.5 Å². The summed E-state index contributed by atoms with van der Waals surface area (Å²) in [6.07, 6.45) is 5.71. The third-order valence-corrected chi connectivity index (χ3v) is 8.25. The van der Waals surface area contributed by atoms with E-state index in [1.165, 1.54) is 19.3 Å². The number of carbonyl (C=O) groups excluding carboxylic acids is 3. The van der Waals surface area contributed by atoms with Crippen LogP contribution in [0.5, 0.6) is 11.5 Å². The van der Waals surface area contributed by atoms with Gasteiger partial charge in [0, 0.05) is 49.4 Å². The first-order valence-corrected chi connectivity index (χ1v) is 15.7. The molecule has 2 aromatic carbocycles. The molecule has 2 fully saturated rings. The Morgan fingerprint density at radius 2 is 1.41 bits per heavy atom. The Balaban J connectivity index is 1.12. The highest BCUT2D eigenvalue weighted by molar-refractivity contribution is 5.92. The zero-order valence-electron chi connectivity index (χ0n) is 26.5. The van der Waals surface area contributed by atoms with Crippen LogP contribution >= 0.6 is 0 Å². The number of nitrogens with one attached hydrogen (secondary N) is 2. The number of anilines is 1. The fourth-order valence-electron chi connectivity index (χ4n) is 5.67. The first-order chi connectivity index (χ1) is 22.4. The maximum absolute atomic E-state index is 12.8. The molecule has 3 amide bonds. The van der Waals surface area contributed by atoms with Gasteiger partial charge in [-0.2, -0.15) is 0 Å². The minimum absolute atomic E-state index is 0.0527. The van der Waals surface area contributed by atoms with Crippen LogP contribution < -0.4 is 20.1 Å². The van der Waals surface area contributed by atoms with Crippen LogP contribution in [0.25, 0.3) is 22.6 Å². The van der Waals surface area contributed by atoms with E-state index in [1.54, 1.807) is 25.2 Å². The molecule has 0 spiro atoms. The summed E-state index contributed by atoms with van der Waals surface area (Å²) in [5.41, 5.74) is 2.18. The molecule has 3 aromatic rings.